The van der Waals surface area contributed by atoms with Crippen LogP contribution in [-0.4, -0.2) is 36.4 Å². The Balaban J connectivity index is 1.99. The fourth-order valence-electron chi connectivity index (χ4n) is 3.10. The third-order valence-corrected chi connectivity index (χ3v) is 6.71. The Morgan fingerprint density at radius 1 is 1.18 bits per heavy atom. The number of halogens is 1. The van der Waals surface area contributed by atoms with Crippen molar-refractivity contribution in [3.05, 3.63) is 52.8 Å². The van der Waals surface area contributed by atoms with Crippen molar-refractivity contribution < 1.29 is 8.42 Å². The number of hydrogen-bond donors (Lipinski definition) is 1. The molecule has 150 valence electrons. The lowest BCUT2D eigenvalue weighted by Crippen LogP contribution is -2.22. The van der Waals surface area contributed by atoms with Crippen LogP contribution in [-0.2, 0) is 23.1 Å². The highest BCUT2D eigenvalue weighted by Crippen LogP contribution is 2.24. The maximum atomic E-state index is 12.4. The van der Waals surface area contributed by atoms with Gasteiger partial charge in [-0.15, -0.1) is 0 Å². The number of rotatable bonds is 7. The van der Waals surface area contributed by atoms with Crippen LogP contribution in [0.3, 0.4) is 0 Å². The second-order valence-corrected chi connectivity index (χ2v) is 9.52. The monoisotopic (exact) mass is 420 g/mol. The number of nitrogens with zero attached hydrogens (tertiary/aromatic N) is 3. The predicted octanol–water partition coefficient (Wildman–Crippen LogP) is 4.27. The molecule has 3 rings (SSSR count). The minimum atomic E-state index is -3.50. The van der Waals surface area contributed by atoms with Gasteiger partial charge in [-0.1, -0.05) is 24.6 Å². The van der Waals surface area contributed by atoms with E-state index in [9.17, 15) is 8.42 Å². The zero-order chi connectivity index (χ0) is 20.5. The Bertz CT molecular complexity index is 1110. The Hall–Kier alpha value is -2.09. The van der Waals surface area contributed by atoms with Gasteiger partial charge in [0.15, 0.2) is 0 Å². The van der Waals surface area contributed by atoms with Crippen LogP contribution in [0.1, 0.15) is 24.7 Å². The minimum absolute atomic E-state index is 0.247. The van der Waals surface area contributed by atoms with Gasteiger partial charge >= 0.3 is 0 Å². The number of fused-ring (bicyclic) bond motifs is 1. The summed E-state index contributed by atoms with van der Waals surface area (Å²) in [7, 11) is -0.445. The van der Waals surface area contributed by atoms with Crippen LogP contribution in [0.4, 0.5) is 5.69 Å². The van der Waals surface area contributed by atoms with Gasteiger partial charge in [-0.2, -0.15) is 0 Å². The Kier molecular flexibility index (Phi) is 5.98. The van der Waals surface area contributed by atoms with Gasteiger partial charge in [0.25, 0.3) is 0 Å². The average molecular weight is 421 g/mol. The smallest absolute Gasteiger partial charge is 0.242 e. The summed E-state index contributed by atoms with van der Waals surface area (Å²) < 4.78 is 28.2. The maximum Gasteiger partial charge on any atom is 0.242 e. The third kappa shape index (κ3) is 4.01. The number of hydrogen-bond acceptors (Lipinski definition) is 4. The number of anilines is 1. The topological polar surface area (TPSA) is 67.2 Å². The number of aryl methyl sites for hydroxylation is 2. The van der Waals surface area contributed by atoms with Crippen LogP contribution in [0.25, 0.3) is 11.0 Å². The van der Waals surface area contributed by atoms with Gasteiger partial charge in [-0.25, -0.2) is 17.7 Å². The highest BCUT2D eigenvalue weighted by Gasteiger charge is 2.19. The number of benzene rings is 2. The second kappa shape index (κ2) is 8.11. The molecule has 28 heavy (non-hydrogen) atoms. The normalized spacial score (nSPS) is 12.1. The molecule has 2 aromatic carbocycles. The van der Waals surface area contributed by atoms with E-state index in [1.165, 1.54) is 18.4 Å². The van der Waals surface area contributed by atoms with E-state index in [0.29, 0.717) is 17.1 Å². The summed E-state index contributed by atoms with van der Waals surface area (Å²) in [5, 5.41) is 4.07. The summed E-state index contributed by atoms with van der Waals surface area (Å²) in [5.41, 5.74) is 3.66. The molecule has 0 aliphatic carbocycles. The lowest BCUT2D eigenvalue weighted by Gasteiger charge is -2.12. The van der Waals surface area contributed by atoms with Gasteiger partial charge in [0.1, 0.15) is 5.82 Å². The standard InChI is InChI=1S/C20H25ClN4O2S/c1-5-10-25-19-9-8-16(28(26,27)24(3)4)12-18(19)23-20(25)13-22-17-11-15(21)7-6-14(17)2/h6-9,11-12,22H,5,10,13H2,1-4H3. The Morgan fingerprint density at radius 2 is 1.93 bits per heavy atom. The van der Waals surface area contributed by atoms with Gasteiger partial charge in [-0.05, 0) is 49.2 Å². The van der Waals surface area contributed by atoms with E-state index in [4.69, 9.17) is 16.6 Å². The van der Waals surface area contributed by atoms with Gasteiger partial charge in [0, 0.05) is 31.4 Å². The highest BCUT2D eigenvalue weighted by molar-refractivity contribution is 7.89. The van der Waals surface area contributed by atoms with Crippen LogP contribution >= 0.6 is 11.6 Å². The van der Waals surface area contributed by atoms with Crippen molar-refractivity contribution in [2.75, 3.05) is 19.4 Å². The molecule has 0 fully saturated rings. The largest absolute Gasteiger partial charge is 0.378 e. The fourth-order valence-corrected chi connectivity index (χ4v) is 4.19. The number of sulfonamides is 1. The molecule has 0 radical (unpaired) electrons. The van der Waals surface area contributed by atoms with E-state index >= 15 is 0 Å². The van der Waals surface area contributed by atoms with Crippen LogP contribution < -0.4 is 5.32 Å². The van der Waals surface area contributed by atoms with Crippen LogP contribution in [0.15, 0.2) is 41.3 Å². The molecule has 0 unspecified atom stereocenters. The summed E-state index contributed by atoms with van der Waals surface area (Å²) in [6.07, 6.45) is 0.951. The number of aromatic nitrogens is 2. The summed E-state index contributed by atoms with van der Waals surface area (Å²) >= 11 is 6.11. The molecule has 8 heteroatoms. The zero-order valence-electron chi connectivity index (χ0n) is 16.5. The second-order valence-electron chi connectivity index (χ2n) is 6.93. The first-order chi connectivity index (χ1) is 13.2. The first kappa shape index (κ1) is 20.6. The zero-order valence-corrected chi connectivity index (χ0v) is 18.1. The van der Waals surface area contributed by atoms with Crippen LogP contribution in [0, 0.1) is 6.92 Å². The molecule has 0 saturated heterocycles. The Morgan fingerprint density at radius 3 is 2.61 bits per heavy atom. The van der Waals surface area contributed by atoms with Crippen molar-refractivity contribution in [2.45, 2.75) is 38.3 Å². The van der Waals surface area contributed by atoms with Gasteiger partial charge in [0.05, 0.1) is 22.5 Å². The molecular formula is C20H25ClN4O2S. The van der Waals surface area contributed by atoms with E-state index in [1.807, 2.05) is 31.2 Å². The summed E-state index contributed by atoms with van der Waals surface area (Å²) in [5.74, 6) is 0.857. The molecule has 6 nitrogen and oxygen atoms in total. The van der Waals surface area contributed by atoms with Crippen molar-refractivity contribution in [3.63, 3.8) is 0 Å². The molecule has 1 N–H and O–H groups in total. The lowest BCUT2D eigenvalue weighted by molar-refractivity contribution is 0.521. The van der Waals surface area contributed by atoms with Gasteiger partial charge < -0.3 is 9.88 Å². The minimum Gasteiger partial charge on any atom is -0.378 e. The number of nitrogens with one attached hydrogen (secondary N) is 1. The first-order valence-corrected chi connectivity index (χ1v) is 11.0. The van der Waals surface area contributed by atoms with Crippen molar-refractivity contribution >= 4 is 38.3 Å². The van der Waals surface area contributed by atoms with Crippen LogP contribution in [0.2, 0.25) is 5.02 Å². The molecule has 0 saturated carbocycles. The molecule has 0 atom stereocenters. The molecule has 0 spiro atoms. The van der Waals surface area contributed by atoms with Gasteiger partial charge in [0.2, 0.25) is 10.0 Å². The molecule has 0 bridgehead atoms. The molecule has 0 amide bonds. The lowest BCUT2D eigenvalue weighted by atomic mass is 10.2. The van der Waals surface area contributed by atoms with E-state index in [1.54, 1.807) is 12.1 Å². The SMILES string of the molecule is CCCn1c(CNc2cc(Cl)ccc2C)nc2cc(S(=O)(=O)N(C)C)ccc21. The first-order valence-electron chi connectivity index (χ1n) is 9.15. The van der Waals surface area contributed by atoms with Crippen molar-refractivity contribution in [2.24, 2.45) is 0 Å². The molecule has 0 aliphatic rings. The van der Waals surface area contributed by atoms with Crippen molar-refractivity contribution in [1.29, 1.82) is 0 Å². The summed E-state index contributed by atoms with van der Waals surface area (Å²) in [6.45, 7) is 5.45. The molecule has 0 aliphatic heterocycles. The quantitative estimate of drug-likeness (QED) is 0.619. The molecule has 1 heterocycles. The van der Waals surface area contributed by atoms with E-state index < -0.39 is 10.0 Å². The average Bonchev–Trinajstić information content (AvgIpc) is 2.99. The van der Waals surface area contributed by atoms with Crippen molar-refractivity contribution in [3.8, 4) is 0 Å². The van der Waals surface area contributed by atoms with Crippen LogP contribution in [0.5, 0.6) is 0 Å². The number of imidazole rings is 1. The summed E-state index contributed by atoms with van der Waals surface area (Å²) in [4.78, 5) is 4.96. The van der Waals surface area contributed by atoms with E-state index in [-0.39, 0.29) is 4.90 Å². The summed E-state index contributed by atoms with van der Waals surface area (Å²) in [6, 6.07) is 10.8. The molecule has 3 aromatic rings. The highest BCUT2D eigenvalue weighted by atomic mass is 35.5. The molecular weight excluding hydrogens is 396 g/mol. The van der Waals surface area contributed by atoms with Gasteiger partial charge in [-0.3, -0.25) is 0 Å². The Labute approximate surface area is 171 Å². The van der Waals surface area contributed by atoms with E-state index in [0.717, 1.165) is 35.6 Å². The third-order valence-electron chi connectivity index (χ3n) is 4.66. The fraction of sp³-hybridized carbons (Fsp3) is 0.350. The van der Waals surface area contributed by atoms with E-state index in [2.05, 4.69) is 16.8 Å². The predicted molar refractivity (Wildman–Crippen MR) is 114 cm³/mol. The van der Waals surface area contributed by atoms with Crippen molar-refractivity contribution in [1.82, 2.24) is 13.9 Å². The molecule has 1 aromatic heterocycles. The maximum absolute atomic E-state index is 12.4.